The molecule has 0 radical (unpaired) electrons. The largest absolute Gasteiger partial charge is 0.494 e. The maximum Gasteiger partial charge on any atom is 0.161 e. The summed E-state index contributed by atoms with van der Waals surface area (Å²) in [6.07, 6.45) is 5.99. The highest BCUT2D eigenvalue weighted by atomic mass is 16.5. The Morgan fingerprint density at radius 1 is 0.912 bits per heavy atom. The molecule has 0 aliphatic heterocycles. The second kappa shape index (κ2) is 11.4. The predicted molar refractivity (Wildman–Crippen MR) is 138 cm³/mol. The third-order valence-electron chi connectivity index (χ3n) is 5.67. The molecule has 0 unspecified atom stereocenters. The fraction of sp³-hybridized carbons (Fsp3) is 0.276. The number of hydrogen-bond acceptors (Lipinski definition) is 4. The summed E-state index contributed by atoms with van der Waals surface area (Å²) in [7, 11) is 1.66. The molecule has 0 bridgehead atoms. The van der Waals surface area contributed by atoms with Crippen LogP contribution in [0.4, 0.5) is 0 Å². The predicted octanol–water partition coefficient (Wildman–Crippen LogP) is 6.82. The highest BCUT2D eigenvalue weighted by Crippen LogP contribution is 2.30. The standard InChI is InChI=1S/C29H32N2O3/c1-4-10-23-15-16-27(28(20-23)32-3)34-21-29-30-25-13-5-6-14-26(25)31(29)17-7-8-18-33-24-12-9-11-22(2)19-24/h4-6,9-16,19-20H,7-8,17-18,21H2,1-3H3/b10-4-. The number of ether oxygens (including phenoxy) is 3. The Morgan fingerprint density at radius 3 is 2.62 bits per heavy atom. The summed E-state index contributed by atoms with van der Waals surface area (Å²) in [6, 6.07) is 22.3. The van der Waals surface area contributed by atoms with E-state index in [1.807, 2.05) is 61.5 Å². The van der Waals surface area contributed by atoms with E-state index in [9.17, 15) is 0 Å². The van der Waals surface area contributed by atoms with Crippen molar-refractivity contribution in [3.63, 3.8) is 0 Å². The van der Waals surface area contributed by atoms with Gasteiger partial charge in [0.1, 0.15) is 18.2 Å². The highest BCUT2D eigenvalue weighted by Gasteiger charge is 2.13. The minimum atomic E-state index is 0.369. The molecule has 5 heteroatoms. The van der Waals surface area contributed by atoms with E-state index in [4.69, 9.17) is 19.2 Å². The van der Waals surface area contributed by atoms with Gasteiger partial charge in [-0.25, -0.2) is 4.98 Å². The van der Waals surface area contributed by atoms with Gasteiger partial charge in [-0.15, -0.1) is 0 Å². The molecule has 4 rings (SSSR count). The first-order valence-electron chi connectivity index (χ1n) is 11.7. The molecule has 0 aliphatic rings. The molecular weight excluding hydrogens is 424 g/mol. The number of hydrogen-bond donors (Lipinski definition) is 0. The Bertz CT molecular complexity index is 1260. The van der Waals surface area contributed by atoms with Crippen LogP contribution in [0, 0.1) is 6.92 Å². The second-order valence-electron chi connectivity index (χ2n) is 8.24. The number of benzene rings is 3. The van der Waals surface area contributed by atoms with Crippen molar-refractivity contribution in [1.82, 2.24) is 9.55 Å². The number of nitrogens with zero attached hydrogens (tertiary/aromatic N) is 2. The van der Waals surface area contributed by atoms with E-state index in [2.05, 4.69) is 35.8 Å². The average Bonchev–Trinajstić information content (AvgIpc) is 3.20. The fourth-order valence-corrected chi connectivity index (χ4v) is 3.99. The number of rotatable bonds is 11. The van der Waals surface area contributed by atoms with Crippen molar-refractivity contribution in [1.29, 1.82) is 0 Å². The number of para-hydroxylation sites is 2. The van der Waals surface area contributed by atoms with Gasteiger partial charge >= 0.3 is 0 Å². The Kier molecular flexibility index (Phi) is 7.87. The normalized spacial score (nSPS) is 11.3. The van der Waals surface area contributed by atoms with E-state index >= 15 is 0 Å². The number of aromatic nitrogens is 2. The summed E-state index contributed by atoms with van der Waals surface area (Å²) in [6.45, 7) is 5.99. The zero-order chi connectivity index (χ0) is 23.8. The Hall–Kier alpha value is -3.73. The van der Waals surface area contributed by atoms with Gasteiger partial charge in [-0.2, -0.15) is 0 Å². The first kappa shape index (κ1) is 23.4. The Morgan fingerprint density at radius 2 is 1.79 bits per heavy atom. The molecule has 1 heterocycles. The fourth-order valence-electron chi connectivity index (χ4n) is 3.99. The lowest BCUT2D eigenvalue weighted by Gasteiger charge is -2.13. The van der Waals surface area contributed by atoms with Gasteiger partial charge < -0.3 is 18.8 Å². The van der Waals surface area contributed by atoms with Gasteiger partial charge in [-0.05, 0) is 74.2 Å². The maximum atomic E-state index is 6.16. The van der Waals surface area contributed by atoms with E-state index < -0.39 is 0 Å². The van der Waals surface area contributed by atoms with Gasteiger partial charge in [0.15, 0.2) is 11.5 Å². The summed E-state index contributed by atoms with van der Waals surface area (Å²) < 4.78 is 19.9. The van der Waals surface area contributed by atoms with E-state index in [-0.39, 0.29) is 0 Å². The molecule has 3 aromatic carbocycles. The van der Waals surface area contributed by atoms with E-state index in [1.165, 1.54) is 5.56 Å². The van der Waals surface area contributed by atoms with Crippen LogP contribution in [0.25, 0.3) is 17.1 Å². The summed E-state index contributed by atoms with van der Waals surface area (Å²) in [4.78, 5) is 4.84. The zero-order valence-electron chi connectivity index (χ0n) is 20.2. The van der Waals surface area contributed by atoms with Gasteiger partial charge in [-0.1, -0.05) is 42.5 Å². The first-order chi connectivity index (χ1) is 16.7. The number of imidazole rings is 1. The molecule has 34 heavy (non-hydrogen) atoms. The molecule has 0 N–H and O–H groups in total. The Labute approximate surface area is 201 Å². The SMILES string of the molecule is C/C=C\c1ccc(OCc2nc3ccccc3n2CCCCOc2cccc(C)c2)c(OC)c1. The van der Waals surface area contributed by atoms with Crippen LogP contribution in [-0.2, 0) is 13.2 Å². The lowest BCUT2D eigenvalue weighted by Crippen LogP contribution is -2.09. The number of aryl methyl sites for hydroxylation is 2. The molecule has 0 amide bonds. The summed E-state index contributed by atoms with van der Waals surface area (Å²) in [5.74, 6) is 3.25. The molecule has 0 saturated heterocycles. The van der Waals surface area contributed by atoms with Gasteiger partial charge in [0.25, 0.3) is 0 Å². The molecule has 4 aromatic rings. The lowest BCUT2D eigenvalue weighted by molar-refractivity contribution is 0.270. The summed E-state index contributed by atoms with van der Waals surface area (Å²) in [5, 5.41) is 0. The molecule has 0 atom stereocenters. The summed E-state index contributed by atoms with van der Waals surface area (Å²) in [5.41, 5.74) is 4.38. The lowest BCUT2D eigenvalue weighted by atomic mass is 10.2. The topological polar surface area (TPSA) is 45.5 Å². The van der Waals surface area contributed by atoms with E-state index in [0.717, 1.165) is 47.6 Å². The van der Waals surface area contributed by atoms with Crippen molar-refractivity contribution in [3.8, 4) is 17.2 Å². The monoisotopic (exact) mass is 456 g/mol. The molecule has 176 valence electrons. The van der Waals surface area contributed by atoms with Crippen LogP contribution < -0.4 is 14.2 Å². The van der Waals surface area contributed by atoms with Crippen molar-refractivity contribution in [2.24, 2.45) is 0 Å². The molecule has 0 spiro atoms. The summed E-state index contributed by atoms with van der Waals surface area (Å²) >= 11 is 0. The number of fused-ring (bicyclic) bond motifs is 1. The highest BCUT2D eigenvalue weighted by molar-refractivity contribution is 5.75. The number of unbranched alkanes of at least 4 members (excludes halogenated alkanes) is 1. The van der Waals surface area contributed by atoms with E-state index in [0.29, 0.717) is 24.7 Å². The van der Waals surface area contributed by atoms with Crippen LogP contribution in [0.15, 0.2) is 72.8 Å². The van der Waals surface area contributed by atoms with Crippen LogP contribution in [0.5, 0.6) is 17.2 Å². The quantitative estimate of drug-likeness (QED) is 0.232. The van der Waals surface area contributed by atoms with Gasteiger partial charge in [0, 0.05) is 6.54 Å². The molecular formula is C29H32N2O3. The number of allylic oxidation sites excluding steroid dienone is 1. The van der Waals surface area contributed by atoms with E-state index in [1.54, 1.807) is 7.11 Å². The van der Waals surface area contributed by atoms with Crippen molar-refractivity contribution in [2.75, 3.05) is 13.7 Å². The molecule has 0 aliphatic carbocycles. The van der Waals surface area contributed by atoms with Crippen LogP contribution in [0.1, 0.15) is 36.7 Å². The second-order valence-corrected chi connectivity index (χ2v) is 8.24. The van der Waals surface area contributed by atoms with Gasteiger partial charge in [0.2, 0.25) is 0 Å². The van der Waals surface area contributed by atoms with Crippen LogP contribution in [-0.4, -0.2) is 23.3 Å². The van der Waals surface area contributed by atoms with Gasteiger partial charge in [0.05, 0.1) is 24.8 Å². The first-order valence-corrected chi connectivity index (χ1v) is 11.7. The zero-order valence-corrected chi connectivity index (χ0v) is 20.2. The third-order valence-corrected chi connectivity index (χ3v) is 5.67. The average molecular weight is 457 g/mol. The molecule has 0 saturated carbocycles. The smallest absolute Gasteiger partial charge is 0.161 e. The molecule has 0 fully saturated rings. The van der Waals surface area contributed by atoms with Gasteiger partial charge in [-0.3, -0.25) is 0 Å². The minimum Gasteiger partial charge on any atom is -0.494 e. The van der Waals surface area contributed by atoms with Crippen molar-refractivity contribution in [2.45, 2.75) is 39.8 Å². The molecule has 1 aromatic heterocycles. The minimum absolute atomic E-state index is 0.369. The van der Waals surface area contributed by atoms with Crippen LogP contribution in [0.2, 0.25) is 0 Å². The van der Waals surface area contributed by atoms with Crippen LogP contribution >= 0.6 is 0 Å². The molecule has 5 nitrogen and oxygen atoms in total. The maximum absolute atomic E-state index is 6.16. The third kappa shape index (κ3) is 5.79. The Balaban J connectivity index is 1.42. The van der Waals surface area contributed by atoms with Crippen molar-refractivity contribution < 1.29 is 14.2 Å². The number of methoxy groups -OCH3 is 1. The van der Waals surface area contributed by atoms with Crippen molar-refractivity contribution >= 4 is 17.1 Å². The van der Waals surface area contributed by atoms with Crippen LogP contribution in [0.3, 0.4) is 0 Å². The van der Waals surface area contributed by atoms with Crippen molar-refractivity contribution in [3.05, 3.63) is 89.8 Å².